The van der Waals surface area contributed by atoms with Crippen LogP contribution in [0.25, 0.3) is 0 Å². The van der Waals surface area contributed by atoms with Gasteiger partial charge in [0.15, 0.2) is 0 Å². The number of ether oxygens (including phenoxy) is 1. The minimum absolute atomic E-state index is 0.0340. The molecule has 1 atom stereocenters. The minimum Gasteiger partial charge on any atom is -0.473 e. The molecule has 9 heteroatoms. The first kappa shape index (κ1) is 18.0. The van der Waals surface area contributed by atoms with Crippen molar-refractivity contribution < 1.29 is 17.5 Å². The normalized spacial score (nSPS) is 18.5. The second kappa shape index (κ2) is 6.86. The molecule has 0 saturated carbocycles. The molecular weight excluding hydrogens is 369 g/mol. The van der Waals surface area contributed by atoms with E-state index in [1.807, 2.05) is 6.92 Å². The van der Waals surface area contributed by atoms with Crippen molar-refractivity contribution in [3.63, 3.8) is 0 Å². The number of benzene rings is 1. The highest BCUT2D eigenvalue weighted by Crippen LogP contribution is 2.26. The first-order valence-electron chi connectivity index (χ1n) is 7.70. The summed E-state index contributed by atoms with van der Waals surface area (Å²) >= 11 is 5.70. The van der Waals surface area contributed by atoms with Crippen molar-refractivity contribution in [2.75, 3.05) is 13.1 Å². The lowest BCUT2D eigenvalue weighted by Crippen LogP contribution is -2.31. The summed E-state index contributed by atoms with van der Waals surface area (Å²) in [6.45, 7) is 4.11. The smallest absolute Gasteiger partial charge is 0.243 e. The zero-order valence-corrected chi connectivity index (χ0v) is 15.3. The first-order valence-corrected chi connectivity index (χ1v) is 9.51. The van der Waals surface area contributed by atoms with Crippen LogP contribution in [0.3, 0.4) is 0 Å². The fourth-order valence-electron chi connectivity index (χ4n) is 2.71. The number of sulfonamides is 1. The lowest BCUT2D eigenvalue weighted by molar-refractivity contribution is 0.206. The van der Waals surface area contributed by atoms with E-state index in [0.717, 1.165) is 17.8 Å². The summed E-state index contributed by atoms with van der Waals surface area (Å²) in [5.41, 5.74) is 0.783. The van der Waals surface area contributed by atoms with Gasteiger partial charge in [0.2, 0.25) is 15.9 Å². The molecule has 0 spiro atoms. The van der Waals surface area contributed by atoms with Crippen molar-refractivity contribution in [1.29, 1.82) is 0 Å². The largest absolute Gasteiger partial charge is 0.473 e. The summed E-state index contributed by atoms with van der Waals surface area (Å²) in [6, 6.07) is 5.09. The minimum atomic E-state index is -3.75. The third kappa shape index (κ3) is 3.91. The summed E-state index contributed by atoms with van der Waals surface area (Å²) in [7, 11) is -3.75. The molecule has 1 fully saturated rings. The SMILES string of the molecule is Cc1cc(O[C@@H]2CCN(S(=O)(=O)c3ccc(F)c(Cl)c3)C2)nc(C)n1. The Morgan fingerprint density at radius 1 is 1.28 bits per heavy atom. The molecule has 0 N–H and O–H groups in total. The summed E-state index contributed by atoms with van der Waals surface area (Å²) < 4.78 is 45.7. The maximum absolute atomic E-state index is 13.3. The van der Waals surface area contributed by atoms with Crippen LogP contribution in [0.5, 0.6) is 5.88 Å². The Bertz CT molecular complexity index is 887. The quantitative estimate of drug-likeness (QED) is 0.809. The highest BCUT2D eigenvalue weighted by Gasteiger charge is 2.34. The molecule has 6 nitrogen and oxygen atoms in total. The van der Waals surface area contributed by atoms with Gasteiger partial charge in [0.25, 0.3) is 0 Å². The average Bonchev–Trinajstić information content (AvgIpc) is 2.98. The Kier molecular flexibility index (Phi) is 4.95. The first-order chi connectivity index (χ1) is 11.8. The van der Waals surface area contributed by atoms with Crippen molar-refractivity contribution in [2.45, 2.75) is 31.3 Å². The van der Waals surface area contributed by atoms with Crippen LogP contribution in [-0.2, 0) is 10.0 Å². The zero-order chi connectivity index (χ0) is 18.2. The molecule has 0 aliphatic carbocycles. The van der Waals surface area contributed by atoms with Gasteiger partial charge < -0.3 is 4.74 Å². The maximum atomic E-state index is 13.3. The monoisotopic (exact) mass is 385 g/mol. The molecule has 2 heterocycles. The van der Waals surface area contributed by atoms with Gasteiger partial charge in [-0.05, 0) is 38.5 Å². The lowest BCUT2D eigenvalue weighted by atomic mass is 10.3. The van der Waals surface area contributed by atoms with Gasteiger partial charge >= 0.3 is 0 Å². The highest BCUT2D eigenvalue weighted by molar-refractivity contribution is 7.89. The fraction of sp³-hybridized carbons (Fsp3) is 0.375. The number of aromatic nitrogens is 2. The molecule has 134 valence electrons. The van der Waals surface area contributed by atoms with Crippen LogP contribution in [-0.4, -0.2) is 41.9 Å². The predicted molar refractivity (Wildman–Crippen MR) is 90.7 cm³/mol. The molecule has 0 bridgehead atoms. The van der Waals surface area contributed by atoms with Crippen LogP contribution in [0.2, 0.25) is 5.02 Å². The molecule has 1 aliphatic heterocycles. The number of rotatable bonds is 4. The van der Waals surface area contributed by atoms with Gasteiger partial charge in [-0.25, -0.2) is 17.8 Å². The van der Waals surface area contributed by atoms with E-state index in [9.17, 15) is 12.8 Å². The second-order valence-electron chi connectivity index (χ2n) is 5.86. The standard InChI is InChI=1S/C16H17ClFN3O3S/c1-10-7-16(20-11(2)19-10)24-12-5-6-21(9-12)25(22,23)13-3-4-15(18)14(17)8-13/h3-4,7-8,12H,5-6,9H2,1-2H3/t12-/m1/s1. The van der Waals surface area contributed by atoms with E-state index >= 15 is 0 Å². The van der Waals surface area contributed by atoms with E-state index in [2.05, 4.69) is 9.97 Å². The highest BCUT2D eigenvalue weighted by atomic mass is 35.5. The molecule has 3 rings (SSSR count). The molecule has 1 aliphatic rings. The molecule has 1 aromatic heterocycles. The van der Waals surface area contributed by atoms with Gasteiger partial charge in [-0.3, -0.25) is 0 Å². The van der Waals surface area contributed by atoms with E-state index in [1.165, 1.54) is 10.4 Å². The summed E-state index contributed by atoms with van der Waals surface area (Å²) in [6.07, 6.45) is 0.232. The maximum Gasteiger partial charge on any atom is 0.243 e. The van der Waals surface area contributed by atoms with E-state index in [0.29, 0.717) is 24.7 Å². The topological polar surface area (TPSA) is 72.4 Å². The van der Waals surface area contributed by atoms with Gasteiger partial charge in [-0.2, -0.15) is 9.29 Å². The van der Waals surface area contributed by atoms with Crippen molar-refractivity contribution >= 4 is 21.6 Å². The number of hydrogen-bond acceptors (Lipinski definition) is 5. The molecular formula is C16H17ClFN3O3S. The second-order valence-corrected chi connectivity index (χ2v) is 8.21. The lowest BCUT2D eigenvalue weighted by Gasteiger charge is -2.17. The van der Waals surface area contributed by atoms with Crippen molar-refractivity contribution in [1.82, 2.24) is 14.3 Å². The molecule has 0 amide bonds. The third-order valence-corrected chi connectivity index (χ3v) is 6.02. The van der Waals surface area contributed by atoms with Crippen LogP contribution in [0, 0.1) is 19.7 Å². The fourth-order valence-corrected chi connectivity index (χ4v) is 4.47. The Morgan fingerprint density at radius 3 is 2.72 bits per heavy atom. The predicted octanol–water partition coefficient (Wildman–Crippen LogP) is 2.73. The molecule has 25 heavy (non-hydrogen) atoms. The Hall–Kier alpha value is -1.77. The van der Waals surface area contributed by atoms with Crippen LogP contribution >= 0.6 is 11.6 Å². The van der Waals surface area contributed by atoms with Gasteiger partial charge in [0, 0.05) is 18.3 Å². The summed E-state index contributed by atoms with van der Waals surface area (Å²) in [4.78, 5) is 8.35. The van der Waals surface area contributed by atoms with E-state index in [1.54, 1.807) is 13.0 Å². The van der Waals surface area contributed by atoms with Gasteiger partial charge in [-0.1, -0.05) is 11.6 Å². The van der Waals surface area contributed by atoms with Crippen LogP contribution < -0.4 is 4.74 Å². The van der Waals surface area contributed by atoms with E-state index < -0.39 is 15.8 Å². The molecule has 1 saturated heterocycles. The average molecular weight is 386 g/mol. The summed E-state index contributed by atoms with van der Waals surface area (Å²) in [5, 5.41) is -0.222. The number of hydrogen-bond donors (Lipinski definition) is 0. The van der Waals surface area contributed by atoms with Gasteiger partial charge in [-0.15, -0.1) is 0 Å². The molecule has 1 aromatic carbocycles. The van der Waals surface area contributed by atoms with E-state index in [-0.39, 0.29) is 22.6 Å². The van der Waals surface area contributed by atoms with Crippen molar-refractivity contribution in [2.24, 2.45) is 0 Å². The molecule has 0 radical (unpaired) electrons. The van der Waals surface area contributed by atoms with Crippen LogP contribution in [0.15, 0.2) is 29.2 Å². The van der Waals surface area contributed by atoms with Crippen LogP contribution in [0.1, 0.15) is 17.9 Å². The van der Waals surface area contributed by atoms with Gasteiger partial charge in [0.1, 0.15) is 17.7 Å². The number of nitrogens with zero attached hydrogens (tertiary/aromatic N) is 3. The Labute approximate surface area is 150 Å². The third-order valence-electron chi connectivity index (χ3n) is 3.87. The Balaban J connectivity index is 1.74. The number of halogens is 2. The number of aryl methyl sites for hydroxylation is 2. The van der Waals surface area contributed by atoms with Gasteiger partial charge in [0.05, 0.1) is 16.5 Å². The molecule has 0 unspecified atom stereocenters. The van der Waals surface area contributed by atoms with Crippen molar-refractivity contribution in [3.8, 4) is 5.88 Å². The molecule has 2 aromatic rings. The van der Waals surface area contributed by atoms with Crippen molar-refractivity contribution in [3.05, 3.63) is 46.6 Å². The Morgan fingerprint density at radius 2 is 2.04 bits per heavy atom. The van der Waals surface area contributed by atoms with Crippen LogP contribution in [0.4, 0.5) is 4.39 Å². The summed E-state index contributed by atoms with van der Waals surface area (Å²) in [5.74, 6) is 0.371. The van der Waals surface area contributed by atoms with E-state index in [4.69, 9.17) is 16.3 Å². The zero-order valence-electron chi connectivity index (χ0n) is 13.7.